The summed E-state index contributed by atoms with van der Waals surface area (Å²) in [5.74, 6) is 0. The van der Waals surface area contributed by atoms with Crippen LogP contribution < -0.4 is 0 Å². The molecule has 0 N–H and O–H groups in total. The number of fused-ring (bicyclic) bond motifs is 10. The van der Waals surface area contributed by atoms with E-state index in [9.17, 15) is 0 Å². The van der Waals surface area contributed by atoms with E-state index in [0.717, 1.165) is 0 Å². The van der Waals surface area contributed by atoms with Gasteiger partial charge in [0.1, 0.15) is 0 Å². The summed E-state index contributed by atoms with van der Waals surface area (Å²) in [4.78, 5) is 0. The Balaban J connectivity index is 1.35. The number of hydrogen-bond donors (Lipinski definition) is 0. The SMILES string of the molecule is Cc1ccccc1-c1c(C)c2sc3ccc4cc(-c5cc6ccccc6c6ccccc56)ccc4c3c2c2ccccc12. The third kappa shape index (κ3) is 3.55. The van der Waals surface area contributed by atoms with Crippen LogP contribution >= 0.6 is 11.3 Å². The van der Waals surface area contributed by atoms with Crippen LogP contribution in [-0.4, -0.2) is 0 Å². The third-order valence-electron chi connectivity index (χ3n) is 9.35. The molecule has 9 rings (SSSR count). The molecule has 202 valence electrons. The first-order valence-corrected chi connectivity index (χ1v) is 15.8. The highest BCUT2D eigenvalue weighted by atomic mass is 32.1. The van der Waals surface area contributed by atoms with E-state index in [4.69, 9.17) is 0 Å². The van der Waals surface area contributed by atoms with Crippen molar-refractivity contribution in [2.45, 2.75) is 13.8 Å². The molecule has 0 amide bonds. The maximum absolute atomic E-state index is 2.39. The van der Waals surface area contributed by atoms with Gasteiger partial charge in [0.15, 0.2) is 0 Å². The lowest BCUT2D eigenvalue weighted by Gasteiger charge is -2.15. The molecule has 0 nitrogen and oxygen atoms in total. The summed E-state index contributed by atoms with van der Waals surface area (Å²) in [5.41, 5.74) is 7.93. The van der Waals surface area contributed by atoms with Crippen LogP contribution in [0.1, 0.15) is 11.1 Å². The van der Waals surface area contributed by atoms with Crippen LogP contribution in [0.15, 0.2) is 133 Å². The standard InChI is InChI=1S/C42H28S/c1-25-11-3-5-13-30(25)39-26(2)42-41(36-18-10-9-17-35(36)39)40-32-21-19-29(23-28(32)20-22-38(40)43-42)37-24-27-12-4-6-14-31(27)33-15-7-8-16-34(33)37/h3-24H,1-2H3. The van der Waals surface area contributed by atoms with E-state index in [1.165, 1.54) is 96.6 Å². The van der Waals surface area contributed by atoms with Gasteiger partial charge in [0.25, 0.3) is 0 Å². The van der Waals surface area contributed by atoms with Crippen LogP contribution in [0.2, 0.25) is 0 Å². The molecule has 0 saturated heterocycles. The summed E-state index contributed by atoms with van der Waals surface area (Å²) in [7, 11) is 0. The Labute approximate surface area is 254 Å². The monoisotopic (exact) mass is 564 g/mol. The third-order valence-corrected chi connectivity index (χ3v) is 10.6. The van der Waals surface area contributed by atoms with Gasteiger partial charge >= 0.3 is 0 Å². The Morgan fingerprint density at radius 2 is 1.12 bits per heavy atom. The Morgan fingerprint density at radius 3 is 1.95 bits per heavy atom. The fraction of sp³-hybridized carbons (Fsp3) is 0.0476. The number of aryl methyl sites for hydroxylation is 2. The topological polar surface area (TPSA) is 0 Å². The molecule has 0 bridgehead atoms. The van der Waals surface area contributed by atoms with Gasteiger partial charge in [-0.05, 0) is 109 Å². The van der Waals surface area contributed by atoms with Crippen molar-refractivity contribution >= 4 is 74.6 Å². The van der Waals surface area contributed by atoms with Crippen molar-refractivity contribution in [2.24, 2.45) is 0 Å². The normalized spacial score (nSPS) is 12.0. The molecule has 1 heterocycles. The van der Waals surface area contributed by atoms with Crippen LogP contribution in [0.4, 0.5) is 0 Å². The molecule has 0 spiro atoms. The summed E-state index contributed by atoms with van der Waals surface area (Å²) in [5, 5.41) is 13.2. The second-order valence-electron chi connectivity index (χ2n) is 11.7. The van der Waals surface area contributed by atoms with Crippen molar-refractivity contribution in [1.82, 2.24) is 0 Å². The fourth-order valence-corrected chi connectivity index (χ4v) is 8.58. The van der Waals surface area contributed by atoms with Gasteiger partial charge in [0.05, 0.1) is 0 Å². The number of hydrogen-bond acceptors (Lipinski definition) is 1. The van der Waals surface area contributed by atoms with Gasteiger partial charge in [-0.1, -0.05) is 115 Å². The highest BCUT2D eigenvalue weighted by molar-refractivity contribution is 7.26. The molecule has 43 heavy (non-hydrogen) atoms. The molecule has 0 atom stereocenters. The molecule has 1 aromatic heterocycles. The first-order valence-electron chi connectivity index (χ1n) is 14.9. The van der Waals surface area contributed by atoms with Crippen LogP contribution in [0.3, 0.4) is 0 Å². The summed E-state index contributed by atoms with van der Waals surface area (Å²) < 4.78 is 2.74. The van der Waals surface area contributed by atoms with E-state index < -0.39 is 0 Å². The van der Waals surface area contributed by atoms with E-state index in [1.54, 1.807) is 0 Å². The lowest BCUT2D eigenvalue weighted by molar-refractivity contribution is 1.45. The second kappa shape index (κ2) is 9.26. The zero-order valence-electron chi connectivity index (χ0n) is 24.1. The van der Waals surface area contributed by atoms with Crippen molar-refractivity contribution in [1.29, 1.82) is 0 Å². The molecule has 0 aliphatic rings. The Morgan fingerprint density at radius 1 is 0.442 bits per heavy atom. The zero-order valence-corrected chi connectivity index (χ0v) is 24.9. The van der Waals surface area contributed by atoms with Gasteiger partial charge in [-0.15, -0.1) is 11.3 Å². The van der Waals surface area contributed by atoms with Gasteiger partial charge in [0.2, 0.25) is 0 Å². The van der Waals surface area contributed by atoms with Crippen LogP contribution in [0, 0.1) is 13.8 Å². The first kappa shape index (κ1) is 24.6. The van der Waals surface area contributed by atoms with Crippen LogP contribution in [-0.2, 0) is 0 Å². The molecule has 1 heteroatoms. The summed E-state index contributed by atoms with van der Waals surface area (Å²) >= 11 is 1.94. The second-order valence-corrected chi connectivity index (χ2v) is 12.8. The smallest absolute Gasteiger partial charge is 0.0397 e. The van der Waals surface area contributed by atoms with Gasteiger partial charge in [-0.3, -0.25) is 0 Å². The van der Waals surface area contributed by atoms with Crippen LogP contribution in [0.5, 0.6) is 0 Å². The maximum atomic E-state index is 2.39. The maximum Gasteiger partial charge on any atom is 0.0397 e. The van der Waals surface area contributed by atoms with E-state index >= 15 is 0 Å². The fourth-order valence-electron chi connectivity index (χ4n) is 7.34. The van der Waals surface area contributed by atoms with E-state index in [0.29, 0.717) is 0 Å². The van der Waals surface area contributed by atoms with Crippen molar-refractivity contribution < 1.29 is 0 Å². The molecule has 9 aromatic rings. The zero-order chi connectivity index (χ0) is 28.7. The minimum Gasteiger partial charge on any atom is -0.135 e. The van der Waals surface area contributed by atoms with Gasteiger partial charge in [-0.2, -0.15) is 0 Å². The van der Waals surface area contributed by atoms with E-state index in [-0.39, 0.29) is 0 Å². The molecule has 0 radical (unpaired) electrons. The largest absolute Gasteiger partial charge is 0.135 e. The van der Waals surface area contributed by atoms with Gasteiger partial charge in [-0.25, -0.2) is 0 Å². The summed E-state index contributed by atoms with van der Waals surface area (Å²) in [6.07, 6.45) is 0. The minimum absolute atomic E-state index is 1.26. The molecular weight excluding hydrogens is 537 g/mol. The lowest BCUT2D eigenvalue weighted by Crippen LogP contribution is -1.90. The first-order chi connectivity index (χ1) is 21.2. The van der Waals surface area contributed by atoms with E-state index in [2.05, 4.69) is 147 Å². The summed E-state index contributed by atoms with van der Waals surface area (Å²) in [6, 6.07) is 49.5. The minimum atomic E-state index is 1.26. The molecule has 0 aliphatic heterocycles. The molecule has 0 fully saturated rings. The van der Waals surface area contributed by atoms with E-state index in [1.807, 2.05) is 11.3 Å². The molecule has 0 unspecified atom stereocenters. The van der Waals surface area contributed by atoms with Gasteiger partial charge in [0, 0.05) is 20.2 Å². The molecule has 0 saturated carbocycles. The van der Waals surface area contributed by atoms with Gasteiger partial charge < -0.3 is 0 Å². The van der Waals surface area contributed by atoms with Crippen molar-refractivity contribution in [3.63, 3.8) is 0 Å². The predicted molar refractivity (Wildman–Crippen MR) is 190 cm³/mol. The Bertz CT molecular complexity index is 2580. The highest BCUT2D eigenvalue weighted by Crippen LogP contribution is 2.48. The number of rotatable bonds is 2. The average molecular weight is 565 g/mol. The lowest BCUT2D eigenvalue weighted by atomic mass is 9.88. The molecule has 8 aromatic carbocycles. The van der Waals surface area contributed by atoms with Crippen molar-refractivity contribution in [2.75, 3.05) is 0 Å². The quantitative estimate of drug-likeness (QED) is 0.183. The van der Waals surface area contributed by atoms with Crippen molar-refractivity contribution in [3.05, 3.63) is 145 Å². The number of benzene rings is 8. The predicted octanol–water partition coefficient (Wildman–Crippen LogP) is 12.6. The number of thiophene rings is 1. The van der Waals surface area contributed by atoms with Crippen LogP contribution in [0.25, 0.3) is 85.5 Å². The summed E-state index contributed by atoms with van der Waals surface area (Å²) in [6.45, 7) is 4.54. The molecular formula is C42H28S. The Kier molecular flexibility index (Phi) is 5.30. The average Bonchev–Trinajstić information content (AvgIpc) is 3.46. The highest BCUT2D eigenvalue weighted by Gasteiger charge is 2.20. The molecule has 0 aliphatic carbocycles. The van der Waals surface area contributed by atoms with Crippen molar-refractivity contribution in [3.8, 4) is 22.3 Å². The Hall–Kier alpha value is -4.98.